The second-order valence-electron chi connectivity index (χ2n) is 7.64. The molecule has 166 valence electrons. The van der Waals surface area contributed by atoms with Crippen molar-refractivity contribution >= 4 is 35.1 Å². The van der Waals surface area contributed by atoms with Gasteiger partial charge in [0.25, 0.3) is 5.91 Å². The number of ether oxygens (including phenoxy) is 1. The maximum atomic E-state index is 12.6. The van der Waals surface area contributed by atoms with E-state index in [1.807, 2.05) is 35.2 Å². The van der Waals surface area contributed by atoms with E-state index in [0.717, 1.165) is 49.9 Å². The van der Waals surface area contributed by atoms with Crippen molar-refractivity contribution in [3.63, 3.8) is 0 Å². The summed E-state index contributed by atoms with van der Waals surface area (Å²) < 4.78 is 5.32. The van der Waals surface area contributed by atoms with Crippen LogP contribution in [0.1, 0.15) is 22.8 Å². The molecule has 0 aliphatic carbocycles. The molecule has 3 heterocycles. The topological polar surface area (TPSA) is 61.8 Å². The van der Waals surface area contributed by atoms with Gasteiger partial charge < -0.3 is 19.4 Å². The highest BCUT2D eigenvalue weighted by atomic mass is 35.5. The van der Waals surface area contributed by atoms with Gasteiger partial charge in [0.05, 0.1) is 13.2 Å². The van der Waals surface area contributed by atoms with E-state index in [1.165, 1.54) is 0 Å². The second-order valence-corrected chi connectivity index (χ2v) is 8.97. The molecule has 0 atom stereocenters. The van der Waals surface area contributed by atoms with Crippen molar-refractivity contribution in [2.75, 3.05) is 63.9 Å². The number of carbonyl (C=O) groups is 1. The highest BCUT2D eigenvalue weighted by Crippen LogP contribution is 2.25. The quantitative estimate of drug-likeness (QED) is 0.372. The van der Waals surface area contributed by atoms with Crippen LogP contribution < -0.4 is 4.90 Å². The van der Waals surface area contributed by atoms with E-state index in [4.69, 9.17) is 21.3 Å². The molecular weight excluding hydrogens is 434 g/mol. The maximum Gasteiger partial charge on any atom is 0.254 e. The molecule has 2 aliphatic rings. The van der Waals surface area contributed by atoms with Gasteiger partial charge in [0, 0.05) is 56.7 Å². The Hall–Kier alpha value is -1.87. The Labute approximate surface area is 192 Å². The van der Waals surface area contributed by atoms with Crippen LogP contribution in [0.15, 0.2) is 35.5 Å². The van der Waals surface area contributed by atoms with E-state index in [2.05, 4.69) is 21.7 Å². The van der Waals surface area contributed by atoms with Crippen molar-refractivity contribution < 1.29 is 9.53 Å². The zero-order valence-electron chi connectivity index (χ0n) is 17.8. The molecule has 31 heavy (non-hydrogen) atoms. The fourth-order valence-electron chi connectivity index (χ4n) is 3.75. The lowest BCUT2D eigenvalue weighted by atomic mass is 10.1. The summed E-state index contributed by atoms with van der Waals surface area (Å²) in [6, 6.07) is 9.63. The number of thioether (sulfide) groups is 1. The van der Waals surface area contributed by atoms with Crippen molar-refractivity contribution in [2.45, 2.75) is 17.8 Å². The van der Waals surface area contributed by atoms with Gasteiger partial charge >= 0.3 is 0 Å². The Morgan fingerprint density at radius 2 is 1.77 bits per heavy atom. The first-order chi connectivity index (χ1) is 15.1. The number of rotatable bonds is 6. The van der Waals surface area contributed by atoms with Crippen LogP contribution in [0.25, 0.3) is 0 Å². The predicted octanol–water partition coefficient (Wildman–Crippen LogP) is 3.04. The molecule has 0 unspecified atom stereocenters. The lowest BCUT2D eigenvalue weighted by molar-refractivity contribution is 0.0303. The minimum atomic E-state index is 0.0634. The van der Waals surface area contributed by atoms with Gasteiger partial charge in [0.1, 0.15) is 11.0 Å². The highest BCUT2D eigenvalue weighted by molar-refractivity contribution is 7.98. The van der Waals surface area contributed by atoms with Gasteiger partial charge in [-0.3, -0.25) is 4.79 Å². The van der Waals surface area contributed by atoms with E-state index >= 15 is 0 Å². The summed E-state index contributed by atoms with van der Waals surface area (Å²) in [5.41, 5.74) is 1.83. The first kappa shape index (κ1) is 22.3. The van der Waals surface area contributed by atoms with Crippen molar-refractivity contribution in [1.82, 2.24) is 19.8 Å². The summed E-state index contributed by atoms with van der Waals surface area (Å²) in [5, 5.41) is 1.14. The molecule has 1 aromatic heterocycles. The third-order valence-corrected chi connectivity index (χ3v) is 6.78. The van der Waals surface area contributed by atoms with Crippen LogP contribution in [-0.2, 0) is 10.5 Å². The first-order valence-electron chi connectivity index (χ1n) is 10.7. The SMILES string of the molecule is CCN1CCN(c2cc(Cl)nc(SCc3ccc(C(=O)N4CCOCC4)cc3)n2)CC1. The Morgan fingerprint density at radius 1 is 1.06 bits per heavy atom. The fraction of sp³-hybridized carbons (Fsp3) is 0.500. The van der Waals surface area contributed by atoms with Gasteiger partial charge in [0.15, 0.2) is 5.16 Å². The number of hydrogen-bond donors (Lipinski definition) is 0. The number of carbonyl (C=O) groups excluding carboxylic acids is 1. The van der Waals surface area contributed by atoms with Crippen LogP contribution in [0.2, 0.25) is 5.15 Å². The molecule has 4 rings (SSSR count). The summed E-state index contributed by atoms with van der Waals surface area (Å²) in [7, 11) is 0. The third-order valence-electron chi connectivity index (χ3n) is 5.67. The molecule has 0 N–H and O–H groups in total. The summed E-state index contributed by atoms with van der Waals surface area (Å²) in [4.78, 5) is 28.2. The smallest absolute Gasteiger partial charge is 0.254 e. The van der Waals surface area contributed by atoms with E-state index in [0.29, 0.717) is 42.2 Å². The molecule has 0 spiro atoms. The van der Waals surface area contributed by atoms with Crippen LogP contribution in [-0.4, -0.2) is 84.7 Å². The number of morpholine rings is 1. The summed E-state index contributed by atoms with van der Waals surface area (Å²) >= 11 is 7.84. The fourth-order valence-corrected chi connectivity index (χ4v) is 4.78. The third kappa shape index (κ3) is 5.88. The zero-order valence-corrected chi connectivity index (χ0v) is 19.4. The van der Waals surface area contributed by atoms with E-state index in [9.17, 15) is 4.79 Å². The lowest BCUT2D eigenvalue weighted by Crippen LogP contribution is -2.46. The average Bonchev–Trinajstić information content (AvgIpc) is 2.83. The number of halogens is 1. The first-order valence-corrected chi connectivity index (χ1v) is 12.1. The number of piperazine rings is 1. The van der Waals surface area contributed by atoms with Gasteiger partial charge in [-0.05, 0) is 24.2 Å². The maximum absolute atomic E-state index is 12.6. The number of amides is 1. The average molecular weight is 462 g/mol. The molecular formula is C22H28ClN5O2S. The van der Waals surface area contributed by atoms with Crippen LogP contribution in [0.3, 0.4) is 0 Å². The van der Waals surface area contributed by atoms with Gasteiger partial charge in [-0.2, -0.15) is 0 Å². The van der Waals surface area contributed by atoms with Crippen LogP contribution in [0, 0.1) is 0 Å². The molecule has 2 fully saturated rings. The Bertz CT molecular complexity index is 884. The zero-order chi connectivity index (χ0) is 21.6. The minimum absolute atomic E-state index is 0.0634. The molecule has 0 saturated carbocycles. The van der Waals surface area contributed by atoms with Gasteiger partial charge in [-0.15, -0.1) is 0 Å². The number of benzene rings is 1. The van der Waals surface area contributed by atoms with Crippen LogP contribution in [0.4, 0.5) is 5.82 Å². The molecule has 2 aromatic rings. The number of likely N-dealkylation sites (N-methyl/N-ethyl adjacent to an activating group) is 1. The molecule has 0 bridgehead atoms. The molecule has 1 aromatic carbocycles. The molecule has 9 heteroatoms. The monoisotopic (exact) mass is 461 g/mol. The van der Waals surface area contributed by atoms with Crippen LogP contribution in [0.5, 0.6) is 0 Å². The van der Waals surface area contributed by atoms with E-state index in [1.54, 1.807) is 11.8 Å². The number of hydrogen-bond acceptors (Lipinski definition) is 7. The van der Waals surface area contributed by atoms with Crippen LogP contribution >= 0.6 is 23.4 Å². The summed E-state index contributed by atoms with van der Waals surface area (Å²) in [5.74, 6) is 1.67. The standard InChI is InChI=1S/C22H28ClN5O2S/c1-2-26-7-9-27(10-8-26)20-15-19(23)24-22(25-20)31-16-17-3-5-18(6-4-17)21(29)28-11-13-30-14-12-28/h3-6,15H,2,7-14,16H2,1H3. The van der Waals surface area contributed by atoms with Gasteiger partial charge in [-0.25, -0.2) is 9.97 Å². The number of aromatic nitrogens is 2. The summed E-state index contributed by atoms with van der Waals surface area (Å²) in [6.45, 7) is 9.76. The lowest BCUT2D eigenvalue weighted by Gasteiger charge is -2.34. The van der Waals surface area contributed by atoms with Crippen molar-refractivity contribution in [1.29, 1.82) is 0 Å². The number of nitrogens with zero attached hydrogens (tertiary/aromatic N) is 5. The highest BCUT2D eigenvalue weighted by Gasteiger charge is 2.19. The van der Waals surface area contributed by atoms with Crippen molar-refractivity contribution in [3.8, 4) is 0 Å². The molecule has 2 saturated heterocycles. The molecule has 0 radical (unpaired) electrons. The van der Waals surface area contributed by atoms with Gasteiger partial charge in [-0.1, -0.05) is 42.4 Å². The minimum Gasteiger partial charge on any atom is -0.378 e. The van der Waals surface area contributed by atoms with E-state index in [-0.39, 0.29) is 5.91 Å². The van der Waals surface area contributed by atoms with Crippen molar-refractivity contribution in [2.24, 2.45) is 0 Å². The largest absolute Gasteiger partial charge is 0.378 e. The summed E-state index contributed by atoms with van der Waals surface area (Å²) in [6.07, 6.45) is 0. The predicted molar refractivity (Wildman–Crippen MR) is 124 cm³/mol. The Kier molecular flexibility index (Phi) is 7.66. The normalized spacial score (nSPS) is 17.7. The molecule has 1 amide bonds. The molecule has 7 nitrogen and oxygen atoms in total. The van der Waals surface area contributed by atoms with E-state index < -0.39 is 0 Å². The second kappa shape index (κ2) is 10.6. The Balaban J connectivity index is 1.35. The van der Waals surface area contributed by atoms with Gasteiger partial charge in [0.2, 0.25) is 0 Å². The Morgan fingerprint density at radius 3 is 2.45 bits per heavy atom. The molecule has 2 aliphatic heterocycles. The van der Waals surface area contributed by atoms with Crippen molar-refractivity contribution in [3.05, 3.63) is 46.6 Å². The number of anilines is 1.